The van der Waals surface area contributed by atoms with Gasteiger partial charge in [0.05, 0.1) is 12.7 Å². The summed E-state index contributed by atoms with van der Waals surface area (Å²) in [6.45, 7) is 1.75. The first-order valence-electron chi connectivity index (χ1n) is 9.79. The van der Waals surface area contributed by atoms with Crippen LogP contribution in [-0.2, 0) is 19.5 Å². The lowest BCUT2D eigenvalue weighted by atomic mass is 9.92. The minimum atomic E-state index is 0.395. The first-order chi connectivity index (χ1) is 13.2. The zero-order valence-electron chi connectivity index (χ0n) is 16.2. The van der Waals surface area contributed by atoms with E-state index in [4.69, 9.17) is 5.10 Å². The van der Waals surface area contributed by atoms with Crippen LogP contribution < -0.4 is 10.2 Å². The smallest absolute Gasteiger partial charge is 0.0662 e. The third kappa shape index (κ3) is 4.06. The molecule has 4 heteroatoms. The van der Waals surface area contributed by atoms with Crippen molar-refractivity contribution in [2.75, 3.05) is 19.0 Å². The molecule has 2 aromatic carbocycles. The lowest BCUT2D eigenvalue weighted by molar-refractivity contribution is 0.449. The van der Waals surface area contributed by atoms with Crippen LogP contribution >= 0.6 is 0 Å². The summed E-state index contributed by atoms with van der Waals surface area (Å²) in [6.07, 6.45) is 5.59. The van der Waals surface area contributed by atoms with Crippen molar-refractivity contribution in [1.82, 2.24) is 15.1 Å². The van der Waals surface area contributed by atoms with Gasteiger partial charge in [0.2, 0.25) is 0 Å². The molecule has 1 unspecified atom stereocenters. The van der Waals surface area contributed by atoms with E-state index < -0.39 is 0 Å². The van der Waals surface area contributed by atoms with Gasteiger partial charge in [0.1, 0.15) is 0 Å². The van der Waals surface area contributed by atoms with Gasteiger partial charge in [-0.15, -0.1) is 0 Å². The van der Waals surface area contributed by atoms with Crippen LogP contribution in [0.25, 0.3) is 0 Å². The molecule has 4 nitrogen and oxygen atoms in total. The fourth-order valence-corrected chi connectivity index (χ4v) is 3.88. The van der Waals surface area contributed by atoms with E-state index in [-0.39, 0.29) is 0 Å². The fraction of sp³-hybridized carbons (Fsp3) is 0.348. The van der Waals surface area contributed by atoms with Crippen LogP contribution in [0.4, 0.5) is 5.69 Å². The predicted octanol–water partition coefficient (Wildman–Crippen LogP) is 4.16. The average molecular weight is 361 g/mol. The van der Waals surface area contributed by atoms with Crippen LogP contribution in [-0.4, -0.2) is 23.9 Å². The van der Waals surface area contributed by atoms with Gasteiger partial charge in [-0.3, -0.25) is 4.68 Å². The highest BCUT2D eigenvalue weighted by Crippen LogP contribution is 2.30. The van der Waals surface area contributed by atoms with Gasteiger partial charge in [-0.25, -0.2) is 0 Å². The fourth-order valence-electron chi connectivity index (χ4n) is 3.88. The first kappa shape index (κ1) is 17.8. The van der Waals surface area contributed by atoms with Gasteiger partial charge in [0.25, 0.3) is 0 Å². The normalized spacial score (nSPS) is 16.1. The molecule has 140 valence electrons. The summed E-state index contributed by atoms with van der Waals surface area (Å²) in [6, 6.07) is 19.8. The maximum absolute atomic E-state index is 4.70. The zero-order valence-corrected chi connectivity index (χ0v) is 16.2. The van der Waals surface area contributed by atoms with Crippen molar-refractivity contribution in [2.24, 2.45) is 0 Å². The predicted molar refractivity (Wildman–Crippen MR) is 111 cm³/mol. The molecule has 0 spiro atoms. The van der Waals surface area contributed by atoms with Crippen LogP contribution in [0.5, 0.6) is 0 Å². The number of rotatable bonds is 6. The molecule has 0 saturated carbocycles. The van der Waals surface area contributed by atoms with Gasteiger partial charge < -0.3 is 10.2 Å². The average Bonchev–Trinajstić information content (AvgIpc) is 3.11. The Bertz CT molecular complexity index is 865. The summed E-state index contributed by atoms with van der Waals surface area (Å²) in [4.78, 5) is 2.13. The van der Waals surface area contributed by atoms with Crippen LogP contribution in [0.1, 0.15) is 41.3 Å². The summed E-state index contributed by atoms with van der Waals surface area (Å²) in [5.74, 6) is 0. The van der Waals surface area contributed by atoms with Gasteiger partial charge in [0.15, 0.2) is 0 Å². The molecule has 0 fully saturated rings. The lowest BCUT2D eigenvalue weighted by Crippen LogP contribution is -2.25. The standard InChI is InChI=1S/C23H28N4/c1-26(2)20-13-11-18(12-14-20)15-24-22-9-6-10-23-21(22)16-25-27(23)17-19-7-4-3-5-8-19/h3-5,7-8,11-14,16,22,24H,6,9-10,15,17H2,1-2H3. The number of nitrogens with zero attached hydrogens (tertiary/aromatic N) is 3. The molecule has 3 aromatic rings. The number of anilines is 1. The Morgan fingerprint density at radius 2 is 1.81 bits per heavy atom. The summed E-state index contributed by atoms with van der Waals surface area (Å²) < 4.78 is 2.18. The van der Waals surface area contributed by atoms with Crippen molar-refractivity contribution >= 4 is 5.69 Å². The van der Waals surface area contributed by atoms with Crippen LogP contribution in [0, 0.1) is 0 Å². The second-order valence-corrected chi connectivity index (χ2v) is 7.58. The second-order valence-electron chi connectivity index (χ2n) is 7.58. The monoisotopic (exact) mass is 360 g/mol. The first-order valence-corrected chi connectivity index (χ1v) is 9.79. The molecule has 27 heavy (non-hydrogen) atoms. The van der Waals surface area contributed by atoms with Gasteiger partial charge in [-0.2, -0.15) is 5.10 Å². The molecule has 1 heterocycles. The Hall–Kier alpha value is -2.59. The van der Waals surface area contributed by atoms with Crippen LogP contribution in [0.15, 0.2) is 60.8 Å². The second kappa shape index (κ2) is 7.97. The molecular weight excluding hydrogens is 332 g/mol. The zero-order chi connectivity index (χ0) is 18.6. The van der Waals surface area contributed by atoms with Crippen molar-refractivity contribution in [2.45, 2.75) is 38.4 Å². The molecule has 0 saturated heterocycles. The van der Waals surface area contributed by atoms with Crippen LogP contribution in [0.3, 0.4) is 0 Å². The summed E-state index contributed by atoms with van der Waals surface area (Å²) in [5, 5.41) is 8.45. The molecule has 0 amide bonds. The highest BCUT2D eigenvalue weighted by molar-refractivity contribution is 5.46. The largest absolute Gasteiger partial charge is 0.378 e. The molecule has 0 radical (unpaired) electrons. The molecule has 0 bridgehead atoms. The molecule has 0 aliphatic heterocycles. The third-order valence-corrected chi connectivity index (χ3v) is 5.44. The van der Waals surface area contributed by atoms with E-state index in [1.807, 2.05) is 0 Å². The van der Waals surface area contributed by atoms with E-state index in [2.05, 4.69) is 89.8 Å². The minimum Gasteiger partial charge on any atom is -0.378 e. The Morgan fingerprint density at radius 1 is 1.04 bits per heavy atom. The van der Waals surface area contributed by atoms with Crippen molar-refractivity contribution in [3.63, 3.8) is 0 Å². The van der Waals surface area contributed by atoms with E-state index in [9.17, 15) is 0 Å². The number of benzene rings is 2. The quantitative estimate of drug-likeness (QED) is 0.716. The van der Waals surface area contributed by atoms with Crippen molar-refractivity contribution < 1.29 is 0 Å². The molecule has 1 aliphatic rings. The van der Waals surface area contributed by atoms with Crippen LogP contribution in [0.2, 0.25) is 0 Å². The number of nitrogens with one attached hydrogen (secondary N) is 1. The Labute approximate surface area is 161 Å². The SMILES string of the molecule is CN(C)c1ccc(CNC2CCCc3c2cnn3Cc2ccccc2)cc1. The van der Waals surface area contributed by atoms with Gasteiger partial charge in [-0.05, 0) is 42.5 Å². The number of aromatic nitrogens is 2. The van der Waals surface area contributed by atoms with Gasteiger partial charge in [-0.1, -0.05) is 42.5 Å². The maximum atomic E-state index is 4.70. The van der Waals surface area contributed by atoms with E-state index in [0.717, 1.165) is 19.5 Å². The van der Waals surface area contributed by atoms with Crippen molar-refractivity contribution in [1.29, 1.82) is 0 Å². The van der Waals surface area contributed by atoms with E-state index >= 15 is 0 Å². The molecule has 1 N–H and O–H groups in total. The Balaban J connectivity index is 1.44. The van der Waals surface area contributed by atoms with Crippen molar-refractivity contribution in [3.8, 4) is 0 Å². The number of fused-ring (bicyclic) bond motifs is 1. The van der Waals surface area contributed by atoms with E-state index in [1.165, 1.54) is 40.9 Å². The van der Waals surface area contributed by atoms with E-state index in [0.29, 0.717) is 6.04 Å². The molecule has 1 aliphatic carbocycles. The molecular formula is C23H28N4. The molecule has 1 atom stereocenters. The summed E-state index contributed by atoms with van der Waals surface area (Å²) in [5.41, 5.74) is 6.64. The summed E-state index contributed by atoms with van der Waals surface area (Å²) >= 11 is 0. The van der Waals surface area contributed by atoms with Crippen molar-refractivity contribution in [3.05, 3.63) is 83.2 Å². The number of hydrogen-bond donors (Lipinski definition) is 1. The maximum Gasteiger partial charge on any atom is 0.0662 e. The number of hydrogen-bond acceptors (Lipinski definition) is 3. The topological polar surface area (TPSA) is 33.1 Å². The van der Waals surface area contributed by atoms with Gasteiger partial charge in [0, 0.05) is 43.6 Å². The minimum absolute atomic E-state index is 0.395. The molecule has 4 rings (SSSR count). The Morgan fingerprint density at radius 3 is 2.56 bits per heavy atom. The van der Waals surface area contributed by atoms with E-state index in [1.54, 1.807) is 0 Å². The van der Waals surface area contributed by atoms with Gasteiger partial charge >= 0.3 is 0 Å². The lowest BCUT2D eigenvalue weighted by Gasteiger charge is -2.24. The highest BCUT2D eigenvalue weighted by atomic mass is 15.3. The Kier molecular flexibility index (Phi) is 5.26. The third-order valence-electron chi connectivity index (χ3n) is 5.44. The summed E-state index contributed by atoms with van der Waals surface area (Å²) in [7, 11) is 4.15. The molecule has 1 aromatic heterocycles. The highest BCUT2D eigenvalue weighted by Gasteiger charge is 2.23.